The molecular weight excluding hydrogens is 236 g/mol. The molecule has 2 rings (SSSR count). The zero-order chi connectivity index (χ0) is 13.2. The second-order valence-electron chi connectivity index (χ2n) is 3.97. The minimum absolute atomic E-state index is 0.137. The molecule has 92 valence electrons. The minimum Gasteiger partial charge on any atom is -0.497 e. The van der Waals surface area contributed by atoms with E-state index in [4.69, 9.17) is 10.00 Å². The molecule has 2 nitrogen and oxygen atoms in total. The van der Waals surface area contributed by atoms with Crippen molar-refractivity contribution in [3.05, 3.63) is 42.0 Å². The van der Waals surface area contributed by atoms with Crippen LogP contribution in [0.15, 0.2) is 36.4 Å². The van der Waals surface area contributed by atoms with E-state index in [-0.39, 0.29) is 5.56 Å². The third kappa shape index (κ3) is 2.25. The fourth-order valence-corrected chi connectivity index (χ4v) is 1.78. The Hall–Kier alpha value is -2.15. The van der Waals surface area contributed by atoms with E-state index < -0.39 is 12.3 Å². The number of nitrogens with zero attached hydrogens (tertiary/aromatic N) is 1. The van der Waals surface area contributed by atoms with Gasteiger partial charge in [0.25, 0.3) is 5.92 Å². The van der Waals surface area contributed by atoms with Crippen LogP contribution < -0.4 is 4.74 Å². The summed E-state index contributed by atoms with van der Waals surface area (Å²) in [5.41, 5.74) is -0.137. The zero-order valence-corrected chi connectivity index (χ0v) is 9.78. The lowest BCUT2D eigenvalue weighted by molar-refractivity contribution is 0.00108. The maximum Gasteiger partial charge on any atom is 0.286 e. The molecule has 0 atom stereocenters. The predicted molar refractivity (Wildman–Crippen MR) is 64.6 cm³/mol. The first kappa shape index (κ1) is 12.3. The Morgan fingerprint density at radius 3 is 2.50 bits per heavy atom. The Balaban J connectivity index is 2.49. The highest BCUT2D eigenvalue weighted by atomic mass is 19.3. The Labute approximate surface area is 103 Å². The van der Waals surface area contributed by atoms with Crippen LogP contribution in [0.1, 0.15) is 12.0 Å². The summed E-state index contributed by atoms with van der Waals surface area (Å²) < 4.78 is 32.2. The molecule has 0 fully saturated rings. The first-order valence-corrected chi connectivity index (χ1v) is 5.40. The second kappa shape index (κ2) is 4.61. The molecule has 0 aromatic heterocycles. The highest BCUT2D eigenvalue weighted by Gasteiger charge is 2.31. The number of nitriles is 1. The average Bonchev–Trinajstić information content (AvgIpc) is 2.37. The van der Waals surface area contributed by atoms with Crippen LogP contribution in [0.3, 0.4) is 0 Å². The number of rotatable bonds is 3. The maximum atomic E-state index is 13.6. The molecule has 0 aliphatic carbocycles. The summed E-state index contributed by atoms with van der Waals surface area (Å²) in [5, 5.41) is 9.92. The van der Waals surface area contributed by atoms with Crippen molar-refractivity contribution in [1.29, 1.82) is 5.26 Å². The van der Waals surface area contributed by atoms with Crippen LogP contribution in [0, 0.1) is 11.3 Å². The summed E-state index contributed by atoms with van der Waals surface area (Å²) in [5.74, 6) is -2.43. The fourth-order valence-electron chi connectivity index (χ4n) is 1.78. The number of hydrogen-bond acceptors (Lipinski definition) is 2. The number of hydrogen-bond donors (Lipinski definition) is 0. The summed E-state index contributed by atoms with van der Waals surface area (Å²) in [6.45, 7) is 0. The first-order valence-electron chi connectivity index (χ1n) is 5.40. The lowest BCUT2D eigenvalue weighted by atomic mass is 10.0. The van der Waals surface area contributed by atoms with Gasteiger partial charge in [0, 0.05) is 5.56 Å². The van der Waals surface area contributed by atoms with E-state index in [1.165, 1.54) is 18.2 Å². The van der Waals surface area contributed by atoms with Crippen LogP contribution in [0.2, 0.25) is 0 Å². The molecule has 0 saturated heterocycles. The minimum atomic E-state index is -3.11. The van der Waals surface area contributed by atoms with Crippen molar-refractivity contribution in [2.24, 2.45) is 0 Å². The first-order chi connectivity index (χ1) is 8.56. The molecule has 0 aliphatic heterocycles. The third-order valence-electron chi connectivity index (χ3n) is 2.77. The second-order valence-corrected chi connectivity index (χ2v) is 3.97. The SMILES string of the molecule is COc1ccc2cc(C(F)(F)CC#N)ccc2c1. The molecule has 0 N–H and O–H groups in total. The van der Waals surface area contributed by atoms with Gasteiger partial charge >= 0.3 is 0 Å². The van der Waals surface area contributed by atoms with Crippen LogP contribution in [0.25, 0.3) is 10.8 Å². The van der Waals surface area contributed by atoms with Crippen LogP contribution in [0.4, 0.5) is 8.78 Å². The molecule has 0 aliphatic rings. The third-order valence-corrected chi connectivity index (χ3v) is 2.77. The van der Waals surface area contributed by atoms with Gasteiger partial charge in [-0.3, -0.25) is 0 Å². The number of benzene rings is 2. The van der Waals surface area contributed by atoms with E-state index in [0.717, 1.165) is 5.39 Å². The van der Waals surface area contributed by atoms with Crippen LogP contribution in [0.5, 0.6) is 5.75 Å². The van der Waals surface area contributed by atoms with Crippen molar-refractivity contribution in [2.45, 2.75) is 12.3 Å². The standard InChI is InChI=1S/C14H11F2NO/c1-18-13-5-3-10-8-12(4-2-11(10)9-13)14(15,16)6-7-17/h2-5,8-9H,6H2,1H3. The summed E-state index contributed by atoms with van der Waals surface area (Å²) in [6, 6.07) is 11.1. The van der Waals surface area contributed by atoms with E-state index in [0.29, 0.717) is 11.1 Å². The summed E-state index contributed by atoms with van der Waals surface area (Å²) in [6.07, 6.45) is -0.811. The number of methoxy groups -OCH3 is 1. The van der Waals surface area contributed by atoms with Crippen molar-refractivity contribution in [3.8, 4) is 11.8 Å². The van der Waals surface area contributed by atoms with E-state index >= 15 is 0 Å². The Morgan fingerprint density at radius 1 is 1.17 bits per heavy atom. The molecule has 0 bridgehead atoms. The topological polar surface area (TPSA) is 33.0 Å². The van der Waals surface area contributed by atoms with Gasteiger partial charge in [-0.05, 0) is 29.0 Å². The van der Waals surface area contributed by atoms with Crippen molar-refractivity contribution in [2.75, 3.05) is 7.11 Å². The normalized spacial score (nSPS) is 11.2. The van der Waals surface area contributed by atoms with Gasteiger partial charge < -0.3 is 4.74 Å². The zero-order valence-electron chi connectivity index (χ0n) is 9.78. The molecule has 0 saturated carbocycles. The quantitative estimate of drug-likeness (QED) is 0.825. The average molecular weight is 247 g/mol. The summed E-state index contributed by atoms with van der Waals surface area (Å²) >= 11 is 0. The highest BCUT2D eigenvalue weighted by molar-refractivity contribution is 5.84. The Morgan fingerprint density at radius 2 is 1.83 bits per heavy atom. The van der Waals surface area contributed by atoms with Gasteiger partial charge in [-0.2, -0.15) is 5.26 Å². The van der Waals surface area contributed by atoms with E-state index in [1.54, 1.807) is 31.4 Å². The number of alkyl halides is 2. The van der Waals surface area contributed by atoms with Crippen LogP contribution in [-0.4, -0.2) is 7.11 Å². The monoisotopic (exact) mass is 247 g/mol. The Bertz CT molecular complexity index is 617. The largest absolute Gasteiger partial charge is 0.497 e. The van der Waals surface area contributed by atoms with Gasteiger partial charge in [0.05, 0.1) is 13.2 Å². The smallest absolute Gasteiger partial charge is 0.286 e. The summed E-state index contributed by atoms with van der Waals surface area (Å²) in [7, 11) is 1.55. The van der Waals surface area contributed by atoms with Gasteiger partial charge in [0.1, 0.15) is 12.2 Å². The molecule has 0 unspecified atom stereocenters. The molecule has 2 aromatic carbocycles. The fraction of sp³-hybridized carbons (Fsp3) is 0.214. The van der Waals surface area contributed by atoms with Gasteiger partial charge in [-0.25, -0.2) is 8.78 Å². The van der Waals surface area contributed by atoms with Crippen LogP contribution >= 0.6 is 0 Å². The Kier molecular flexibility index (Phi) is 3.15. The van der Waals surface area contributed by atoms with E-state index in [1.807, 2.05) is 0 Å². The molecule has 0 amide bonds. The van der Waals surface area contributed by atoms with Crippen molar-refractivity contribution in [3.63, 3.8) is 0 Å². The molecule has 4 heteroatoms. The number of ether oxygens (including phenoxy) is 1. The predicted octanol–water partition coefficient (Wildman–Crippen LogP) is 3.85. The molecule has 0 spiro atoms. The van der Waals surface area contributed by atoms with Crippen molar-refractivity contribution < 1.29 is 13.5 Å². The van der Waals surface area contributed by atoms with Gasteiger partial charge in [0.15, 0.2) is 0 Å². The lowest BCUT2D eigenvalue weighted by Crippen LogP contribution is -2.11. The molecular formula is C14H11F2NO. The van der Waals surface area contributed by atoms with Crippen molar-refractivity contribution >= 4 is 10.8 Å². The molecule has 2 aromatic rings. The van der Waals surface area contributed by atoms with Gasteiger partial charge in [-0.1, -0.05) is 18.2 Å². The summed E-state index contributed by atoms with van der Waals surface area (Å²) in [4.78, 5) is 0. The lowest BCUT2D eigenvalue weighted by Gasteiger charge is -2.13. The van der Waals surface area contributed by atoms with E-state index in [9.17, 15) is 8.78 Å². The number of fused-ring (bicyclic) bond motifs is 1. The van der Waals surface area contributed by atoms with Gasteiger partial charge in [0.2, 0.25) is 0 Å². The molecule has 0 radical (unpaired) electrons. The highest BCUT2D eigenvalue weighted by Crippen LogP contribution is 2.33. The van der Waals surface area contributed by atoms with Gasteiger partial charge in [-0.15, -0.1) is 0 Å². The molecule has 0 heterocycles. The number of halogens is 2. The maximum absolute atomic E-state index is 13.6. The molecule has 18 heavy (non-hydrogen) atoms. The van der Waals surface area contributed by atoms with Crippen LogP contribution in [-0.2, 0) is 5.92 Å². The van der Waals surface area contributed by atoms with Crippen molar-refractivity contribution in [1.82, 2.24) is 0 Å². The van der Waals surface area contributed by atoms with E-state index in [2.05, 4.69) is 0 Å².